The molecule has 1 atom stereocenters. The molecule has 1 aliphatic rings. The molecular weight excluding hydrogens is 223 g/mol. The van der Waals surface area contributed by atoms with Crippen LogP contribution in [0.3, 0.4) is 0 Å². The number of carbonyl (C=O) groups excluding carboxylic acids is 1. The van der Waals surface area contributed by atoms with E-state index in [4.69, 9.17) is 0 Å². The Kier molecular flexibility index (Phi) is 2.07. The average Bonchev–Trinajstić information content (AvgIpc) is 2.82. The fourth-order valence-electron chi connectivity index (χ4n) is 1.94. The SMILES string of the molecule is O=C1Nc2ccc(F)cc2C(c2cn[nH]c2)N1. The van der Waals surface area contributed by atoms with Gasteiger partial charge in [0, 0.05) is 23.0 Å². The van der Waals surface area contributed by atoms with Crippen molar-refractivity contribution in [3.05, 3.63) is 47.5 Å². The van der Waals surface area contributed by atoms with E-state index in [-0.39, 0.29) is 17.9 Å². The number of hydrogen-bond donors (Lipinski definition) is 3. The number of halogens is 1. The molecule has 86 valence electrons. The van der Waals surface area contributed by atoms with Gasteiger partial charge in [-0.3, -0.25) is 5.10 Å². The van der Waals surface area contributed by atoms with Gasteiger partial charge >= 0.3 is 6.03 Å². The molecule has 0 saturated heterocycles. The van der Waals surface area contributed by atoms with Gasteiger partial charge in [-0.1, -0.05) is 0 Å². The number of aromatic nitrogens is 2. The largest absolute Gasteiger partial charge is 0.327 e. The van der Waals surface area contributed by atoms with Crippen molar-refractivity contribution in [1.82, 2.24) is 15.5 Å². The molecule has 1 unspecified atom stereocenters. The van der Waals surface area contributed by atoms with Gasteiger partial charge in [0.2, 0.25) is 0 Å². The molecule has 0 bridgehead atoms. The zero-order valence-corrected chi connectivity index (χ0v) is 8.70. The van der Waals surface area contributed by atoms with Crippen molar-refractivity contribution >= 4 is 11.7 Å². The van der Waals surface area contributed by atoms with Crippen molar-refractivity contribution in [1.29, 1.82) is 0 Å². The second-order valence-electron chi connectivity index (χ2n) is 3.79. The lowest BCUT2D eigenvalue weighted by Crippen LogP contribution is -2.38. The highest BCUT2D eigenvalue weighted by molar-refractivity contribution is 5.93. The molecule has 0 saturated carbocycles. The van der Waals surface area contributed by atoms with Crippen molar-refractivity contribution in [2.75, 3.05) is 5.32 Å². The third-order valence-electron chi connectivity index (χ3n) is 2.70. The summed E-state index contributed by atoms with van der Waals surface area (Å²) in [4.78, 5) is 11.5. The van der Waals surface area contributed by atoms with E-state index >= 15 is 0 Å². The summed E-state index contributed by atoms with van der Waals surface area (Å²) < 4.78 is 13.2. The van der Waals surface area contributed by atoms with Gasteiger partial charge in [-0.15, -0.1) is 0 Å². The Balaban J connectivity index is 2.13. The van der Waals surface area contributed by atoms with Crippen LogP contribution in [0.1, 0.15) is 17.2 Å². The highest BCUT2D eigenvalue weighted by Gasteiger charge is 2.26. The summed E-state index contributed by atoms with van der Waals surface area (Å²) in [6, 6.07) is 3.58. The second-order valence-corrected chi connectivity index (χ2v) is 3.79. The molecule has 0 spiro atoms. The Morgan fingerprint density at radius 1 is 1.35 bits per heavy atom. The van der Waals surface area contributed by atoms with Crippen molar-refractivity contribution < 1.29 is 9.18 Å². The minimum absolute atomic E-state index is 0.310. The van der Waals surface area contributed by atoms with Crippen LogP contribution in [0.2, 0.25) is 0 Å². The number of benzene rings is 1. The predicted octanol–water partition coefficient (Wildman–Crippen LogP) is 1.77. The topological polar surface area (TPSA) is 69.8 Å². The van der Waals surface area contributed by atoms with Crippen molar-refractivity contribution in [2.24, 2.45) is 0 Å². The monoisotopic (exact) mass is 232 g/mol. The van der Waals surface area contributed by atoms with E-state index in [1.807, 2.05) is 0 Å². The van der Waals surface area contributed by atoms with Crippen LogP contribution in [0, 0.1) is 5.82 Å². The molecule has 17 heavy (non-hydrogen) atoms. The number of rotatable bonds is 1. The zero-order valence-electron chi connectivity index (χ0n) is 8.70. The summed E-state index contributed by atoms with van der Waals surface area (Å²) in [5, 5.41) is 11.9. The first-order valence-electron chi connectivity index (χ1n) is 5.09. The number of anilines is 1. The minimum Gasteiger partial charge on any atom is -0.327 e. The summed E-state index contributed by atoms with van der Waals surface area (Å²) in [7, 11) is 0. The van der Waals surface area contributed by atoms with E-state index in [2.05, 4.69) is 20.8 Å². The molecule has 3 N–H and O–H groups in total. The molecule has 2 heterocycles. The fourth-order valence-corrected chi connectivity index (χ4v) is 1.94. The number of nitrogens with zero attached hydrogens (tertiary/aromatic N) is 1. The zero-order chi connectivity index (χ0) is 11.8. The predicted molar refractivity (Wildman–Crippen MR) is 59.0 cm³/mol. The van der Waals surface area contributed by atoms with E-state index in [1.54, 1.807) is 18.5 Å². The number of hydrogen-bond acceptors (Lipinski definition) is 2. The van der Waals surface area contributed by atoms with Crippen LogP contribution >= 0.6 is 0 Å². The number of carbonyl (C=O) groups is 1. The number of aromatic amines is 1. The summed E-state index contributed by atoms with van der Waals surface area (Å²) in [5.41, 5.74) is 2.08. The molecule has 0 radical (unpaired) electrons. The second kappa shape index (κ2) is 3.58. The number of amides is 2. The Hall–Kier alpha value is -2.37. The first-order valence-corrected chi connectivity index (χ1v) is 5.09. The smallest absolute Gasteiger partial charge is 0.320 e. The van der Waals surface area contributed by atoms with E-state index in [0.717, 1.165) is 5.56 Å². The van der Waals surface area contributed by atoms with Gasteiger partial charge in [-0.2, -0.15) is 5.10 Å². The molecule has 5 nitrogen and oxygen atoms in total. The highest BCUT2D eigenvalue weighted by Crippen LogP contribution is 2.31. The van der Waals surface area contributed by atoms with Gasteiger partial charge in [0.25, 0.3) is 0 Å². The molecule has 1 aliphatic heterocycles. The molecule has 1 aromatic carbocycles. The molecule has 6 heteroatoms. The maximum absolute atomic E-state index is 13.2. The number of H-pyrrole nitrogens is 1. The molecule has 2 amide bonds. The third-order valence-corrected chi connectivity index (χ3v) is 2.70. The summed E-state index contributed by atoms with van der Waals surface area (Å²) >= 11 is 0. The van der Waals surface area contributed by atoms with Crippen LogP contribution in [0.4, 0.5) is 14.9 Å². The molecule has 3 rings (SSSR count). The van der Waals surface area contributed by atoms with Gasteiger partial charge in [-0.25, -0.2) is 9.18 Å². The van der Waals surface area contributed by atoms with Crippen LogP contribution in [-0.2, 0) is 0 Å². The molecule has 2 aromatic rings. The number of fused-ring (bicyclic) bond motifs is 1. The molecule has 0 aliphatic carbocycles. The van der Waals surface area contributed by atoms with Gasteiger partial charge in [0.15, 0.2) is 0 Å². The number of nitrogens with one attached hydrogen (secondary N) is 3. The quantitative estimate of drug-likeness (QED) is 0.701. The van der Waals surface area contributed by atoms with E-state index in [1.165, 1.54) is 12.1 Å². The molecule has 0 fully saturated rings. The molecule has 1 aromatic heterocycles. The average molecular weight is 232 g/mol. The third kappa shape index (κ3) is 1.63. The van der Waals surface area contributed by atoms with Crippen molar-refractivity contribution in [3.63, 3.8) is 0 Å². The minimum atomic E-state index is -0.381. The van der Waals surface area contributed by atoms with Crippen LogP contribution in [0.5, 0.6) is 0 Å². The van der Waals surface area contributed by atoms with Crippen molar-refractivity contribution in [2.45, 2.75) is 6.04 Å². The molecular formula is C11H9FN4O. The normalized spacial score (nSPS) is 18.2. The van der Waals surface area contributed by atoms with E-state index in [0.29, 0.717) is 11.3 Å². The fraction of sp³-hybridized carbons (Fsp3) is 0.0909. The highest BCUT2D eigenvalue weighted by atomic mass is 19.1. The number of urea groups is 1. The van der Waals surface area contributed by atoms with Gasteiger partial charge < -0.3 is 10.6 Å². The first-order chi connectivity index (χ1) is 8.24. The van der Waals surface area contributed by atoms with Crippen LogP contribution in [0.25, 0.3) is 0 Å². The standard InChI is InChI=1S/C11H9FN4O/c12-7-1-2-9-8(3-7)10(16-11(17)15-9)6-4-13-14-5-6/h1-5,10H,(H,13,14)(H2,15,16,17). The Morgan fingerprint density at radius 2 is 2.24 bits per heavy atom. The summed E-state index contributed by atoms with van der Waals surface area (Å²) in [5.74, 6) is -0.338. The lowest BCUT2D eigenvalue weighted by Gasteiger charge is -2.26. The summed E-state index contributed by atoms with van der Waals surface area (Å²) in [6.45, 7) is 0. The first kappa shape index (κ1) is 9.83. The van der Waals surface area contributed by atoms with Crippen LogP contribution in [0.15, 0.2) is 30.6 Å². The van der Waals surface area contributed by atoms with E-state index in [9.17, 15) is 9.18 Å². The van der Waals surface area contributed by atoms with Crippen LogP contribution < -0.4 is 10.6 Å². The maximum atomic E-state index is 13.2. The van der Waals surface area contributed by atoms with Crippen molar-refractivity contribution in [3.8, 4) is 0 Å². The Labute approximate surface area is 96.0 Å². The Bertz CT molecular complexity index is 567. The van der Waals surface area contributed by atoms with Gasteiger partial charge in [0.1, 0.15) is 5.82 Å². The van der Waals surface area contributed by atoms with Gasteiger partial charge in [0.05, 0.1) is 12.2 Å². The maximum Gasteiger partial charge on any atom is 0.320 e. The Morgan fingerprint density at radius 3 is 3.00 bits per heavy atom. The lowest BCUT2D eigenvalue weighted by atomic mass is 9.98. The van der Waals surface area contributed by atoms with Gasteiger partial charge in [-0.05, 0) is 18.2 Å². The summed E-state index contributed by atoms with van der Waals surface area (Å²) in [6.07, 6.45) is 3.27. The van der Waals surface area contributed by atoms with Crippen LogP contribution in [-0.4, -0.2) is 16.2 Å². The lowest BCUT2D eigenvalue weighted by molar-refractivity contribution is 0.249. The van der Waals surface area contributed by atoms with E-state index < -0.39 is 0 Å².